The number of rotatable bonds is 5. The van der Waals surface area contributed by atoms with Crippen LogP contribution in [0.3, 0.4) is 0 Å². The highest BCUT2D eigenvalue weighted by Crippen LogP contribution is 2.20. The van der Waals surface area contributed by atoms with Crippen LogP contribution in [0, 0.1) is 19.7 Å². The summed E-state index contributed by atoms with van der Waals surface area (Å²) in [5.74, 6) is -1.76. The van der Waals surface area contributed by atoms with Gasteiger partial charge in [0.25, 0.3) is 0 Å². The molecule has 0 radical (unpaired) electrons. The van der Waals surface area contributed by atoms with E-state index in [1.807, 2.05) is 0 Å². The lowest BCUT2D eigenvalue weighted by molar-refractivity contribution is 0.0313. The summed E-state index contributed by atoms with van der Waals surface area (Å²) in [6.07, 6.45) is -1.04. The van der Waals surface area contributed by atoms with Crippen molar-refractivity contribution in [2.75, 3.05) is 0 Å². The number of esters is 1. The van der Waals surface area contributed by atoms with Crippen molar-refractivity contribution < 1.29 is 23.5 Å². The lowest BCUT2D eigenvalue weighted by Gasteiger charge is -2.12. The Bertz CT molecular complexity index is 805. The number of ketones is 2. The standard InChI is InChI=1S/C18H18FNO4/c1-9-15(11(3)21)10(2)20-16(9)18(23)24-12(4)17(22)13-5-7-14(19)8-6-13/h5-8,12,20H,1-4H3/t12-/m1/s1. The van der Waals surface area contributed by atoms with Gasteiger partial charge in [-0.25, -0.2) is 9.18 Å². The summed E-state index contributed by atoms with van der Waals surface area (Å²) in [6, 6.07) is 5.00. The van der Waals surface area contributed by atoms with Crippen LogP contribution in [-0.2, 0) is 4.74 Å². The Hall–Kier alpha value is -2.76. The van der Waals surface area contributed by atoms with E-state index < -0.39 is 23.7 Å². The summed E-state index contributed by atoms with van der Waals surface area (Å²) >= 11 is 0. The molecule has 0 aliphatic rings. The highest BCUT2D eigenvalue weighted by atomic mass is 19.1. The Labute approximate surface area is 138 Å². The minimum absolute atomic E-state index is 0.149. The maximum atomic E-state index is 12.9. The molecule has 2 aromatic rings. The van der Waals surface area contributed by atoms with E-state index in [1.165, 1.54) is 38.1 Å². The topological polar surface area (TPSA) is 76.2 Å². The van der Waals surface area contributed by atoms with Crippen molar-refractivity contribution in [2.45, 2.75) is 33.8 Å². The van der Waals surface area contributed by atoms with Gasteiger partial charge < -0.3 is 9.72 Å². The molecule has 0 fully saturated rings. The smallest absolute Gasteiger partial charge is 0.355 e. The predicted octanol–water partition coefficient (Wildman–Crippen LogP) is 3.40. The van der Waals surface area contributed by atoms with E-state index in [9.17, 15) is 18.8 Å². The largest absolute Gasteiger partial charge is 0.450 e. The van der Waals surface area contributed by atoms with Crippen LogP contribution in [0.4, 0.5) is 4.39 Å². The fourth-order valence-electron chi connectivity index (χ4n) is 2.60. The van der Waals surface area contributed by atoms with Crippen molar-refractivity contribution in [3.8, 4) is 0 Å². The van der Waals surface area contributed by atoms with Gasteiger partial charge in [0, 0.05) is 16.8 Å². The van der Waals surface area contributed by atoms with E-state index in [2.05, 4.69) is 4.98 Å². The van der Waals surface area contributed by atoms with Crippen LogP contribution in [-0.4, -0.2) is 28.6 Å². The third-order valence-corrected chi connectivity index (χ3v) is 3.78. The molecule has 0 amide bonds. The van der Waals surface area contributed by atoms with Gasteiger partial charge in [-0.1, -0.05) is 0 Å². The minimum Gasteiger partial charge on any atom is -0.450 e. The van der Waals surface area contributed by atoms with Crippen LogP contribution in [0.1, 0.15) is 56.3 Å². The zero-order valence-electron chi connectivity index (χ0n) is 13.9. The molecule has 0 aliphatic heterocycles. The Balaban J connectivity index is 2.17. The van der Waals surface area contributed by atoms with E-state index in [1.54, 1.807) is 13.8 Å². The van der Waals surface area contributed by atoms with Gasteiger partial charge in [-0.3, -0.25) is 9.59 Å². The third-order valence-electron chi connectivity index (χ3n) is 3.78. The maximum Gasteiger partial charge on any atom is 0.355 e. The van der Waals surface area contributed by atoms with Gasteiger partial charge in [0.05, 0.1) is 0 Å². The first-order valence-electron chi connectivity index (χ1n) is 7.43. The molecule has 1 N–H and O–H groups in total. The second-order valence-corrected chi connectivity index (χ2v) is 5.60. The fourth-order valence-corrected chi connectivity index (χ4v) is 2.60. The van der Waals surface area contributed by atoms with Gasteiger partial charge in [0.2, 0.25) is 5.78 Å². The number of carbonyl (C=O) groups excluding carboxylic acids is 3. The minimum atomic E-state index is -1.04. The molecule has 2 rings (SSSR count). The first-order chi connectivity index (χ1) is 11.2. The SMILES string of the molecule is CC(=O)c1c(C)[nH]c(C(=O)O[C@H](C)C(=O)c2ccc(F)cc2)c1C. The van der Waals surface area contributed by atoms with Crippen LogP contribution < -0.4 is 0 Å². The number of hydrogen-bond acceptors (Lipinski definition) is 4. The molecular formula is C18H18FNO4. The molecule has 0 spiro atoms. The Morgan fingerprint density at radius 1 is 1.12 bits per heavy atom. The lowest BCUT2D eigenvalue weighted by atomic mass is 10.1. The molecule has 1 aromatic carbocycles. The first kappa shape index (κ1) is 17.6. The summed E-state index contributed by atoms with van der Waals surface area (Å²) in [5, 5.41) is 0. The Morgan fingerprint density at radius 3 is 2.21 bits per heavy atom. The molecule has 1 atom stereocenters. The van der Waals surface area contributed by atoms with E-state index in [-0.39, 0.29) is 17.0 Å². The molecule has 24 heavy (non-hydrogen) atoms. The number of H-pyrrole nitrogens is 1. The van der Waals surface area contributed by atoms with Gasteiger partial charge in [0.15, 0.2) is 11.9 Å². The number of aromatic amines is 1. The number of hydrogen-bond donors (Lipinski definition) is 1. The zero-order valence-corrected chi connectivity index (χ0v) is 13.9. The summed E-state index contributed by atoms with van der Waals surface area (Å²) in [4.78, 5) is 38.9. The normalized spacial score (nSPS) is 11.9. The number of carbonyl (C=O) groups is 3. The number of ether oxygens (including phenoxy) is 1. The van der Waals surface area contributed by atoms with Crippen molar-refractivity contribution in [1.82, 2.24) is 4.98 Å². The maximum absolute atomic E-state index is 12.9. The average Bonchev–Trinajstić information content (AvgIpc) is 2.82. The number of halogens is 1. The Morgan fingerprint density at radius 2 is 1.71 bits per heavy atom. The predicted molar refractivity (Wildman–Crippen MR) is 85.9 cm³/mol. The molecule has 1 aromatic heterocycles. The summed E-state index contributed by atoms with van der Waals surface area (Å²) in [6.45, 7) is 6.19. The zero-order chi connectivity index (χ0) is 18.0. The van der Waals surface area contributed by atoms with Crippen LogP contribution in [0.2, 0.25) is 0 Å². The number of aryl methyl sites for hydroxylation is 1. The monoisotopic (exact) mass is 331 g/mol. The van der Waals surface area contributed by atoms with Gasteiger partial charge in [-0.2, -0.15) is 0 Å². The highest BCUT2D eigenvalue weighted by Gasteiger charge is 2.25. The third kappa shape index (κ3) is 3.42. The summed E-state index contributed by atoms with van der Waals surface area (Å²) < 4.78 is 18.1. The van der Waals surface area contributed by atoms with Crippen molar-refractivity contribution in [3.05, 3.63) is 58.2 Å². The molecule has 1 heterocycles. The van der Waals surface area contributed by atoms with E-state index in [4.69, 9.17) is 4.74 Å². The van der Waals surface area contributed by atoms with Crippen molar-refractivity contribution >= 4 is 17.5 Å². The quantitative estimate of drug-likeness (QED) is 0.673. The van der Waals surface area contributed by atoms with Crippen LogP contribution in [0.15, 0.2) is 24.3 Å². The van der Waals surface area contributed by atoms with E-state index in [0.717, 1.165) is 0 Å². The second-order valence-electron chi connectivity index (χ2n) is 5.60. The van der Waals surface area contributed by atoms with Crippen molar-refractivity contribution in [1.29, 1.82) is 0 Å². The average molecular weight is 331 g/mol. The second kappa shape index (κ2) is 6.78. The summed E-state index contributed by atoms with van der Waals surface area (Å²) in [5.41, 5.74) is 1.91. The van der Waals surface area contributed by atoms with Crippen LogP contribution in [0.5, 0.6) is 0 Å². The van der Waals surface area contributed by atoms with Crippen LogP contribution in [0.25, 0.3) is 0 Å². The van der Waals surface area contributed by atoms with Gasteiger partial charge in [0.1, 0.15) is 11.5 Å². The molecule has 5 nitrogen and oxygen atoms in total. The fraction of sp³-hybridized carbons (Fsp3) is 0.278. The van der Waals surface area contributed by atoms with Crippen LogP contribution >= 0.6 is 0 Å². The molecular weight excluding hydrogens is 313 g/mol. The molecule has 0 saturated carbocycles. The lowest BCUT2D eigenvalue weighted by Crippen LogP contribution is -2.25. The summed E-state index contributed by atoms with van der Waals surface area (Å²) in [7, 11) is 0. The first-order valence-corrected chi connectivity index (χ1v) is 7.43. The number of nitrogens with one attached hydrogen (secondary N) is 1. The van der Waals surface area contributed by atoms with Gasteiger partial charge >= 0.3 is 5.97 Å². The molecule has 0 bridgehead atoms. The van der Waals surface area contributed by atoms with Crippen molar-refractivity contribution in [3.63, 3.8) is 0 Å². The van der Waals surface area contributed by atoms with E-state index in [0.29, 0.717) is 16.8 Å². The highest BCUT2D eigenvalue weighted by molar-refractivity contribution is 6.03. The van der Waals surface area contributed by atoms with Gasteiger partial charge in [-0.15, -0.1) is 0 Å². The molecule has 6 heteroatoms. The molecule has 0 aliphatic carbocycles. The van der Waals surface area contributed by atoms with E-state index >= 15 is 0 Å². The molecule has 0 saturated heterocycles. The number of aromatic nitrogens is 1. The van der Waals surface area contributed by atoms with Crippen molar-refractivity contribution in [2.24, 2.45) is 0 Å². The number of Topliss-reactive ketones (excluding diaryl/α,β-unsaturated/α-hetero) is 2. The van der Waals surface area contributed by atoms with Gasteiger partial charge in [-0.05, 0) is 57.5 Å². The molecule has 0 unspecified atom stereocenters. The molecule has 126 valence electrons. The Kier molecular flexibility index (Phi) is 4.97. The number of benzene rings is 1.